The quantitative estimate of drug-likeness (QED) is 0.893. The molecule has 2 heteroatoms. The molecule has 21 heavy (non-hydrogen) atoms. The second-order valence-electron chi connectivity index (χ2n) is 5.78. The molecule has 1 atom stereocenters. The van der Waals surface area contributed by atoms with Gasteiger partial charge in [-0.3, -0.25) is 0 Å². The minimum atomic E-state index is 0.0313. The van der Waals surface area contributed by atoms with Gasteiger partial charge in [0.05, 0.1) is 0 Å². The molecule has 112 valence electrons. The SMILES string of the molecule is CCN(CC(N)c1ccc(C)c(C)c1)c1ccccc1C. The van der Waals surface area contributed by atoms with Crippen molar-refractivity contribution in [2.45, 2.75) is 33.7 Å². The van der Waals surface area contributed by atoms with Crippen LogP contribution in [0.15, 0.2) is 42.5 Å². The van der Waals surface area contributed by atoms with Crippen LogP contribution in [0.1, 0.15) is 35.2 Å². The average molecular weight is 282 g/mol. The molecule has 0 aromatic heterocycles. The van der Waals surface area contributed by atoms with E-state index in [0.29, 0.717) is 0 Å². The molecule has 2 N–H and O–H groups in total. The largest absolute Gasteiger partial charge is 0.370 e. The first kappa shape index (κ1) is 15.6. The van der Waals surface area contributed by atoms with Crippen LogP contribution in [0.5, 0.6) is 0 Å². The van der Waals surface area contributed by atoms with Crippen LogP contribution in [0.4, 0.5) is 5.69 Å². The molecular formula is C19H26N2. The highest BCUT2D eigenvalue weighted by atomic mass is 15.1. The molecule has 0 saturated heterocycles. The summed E-state index contributed by atoms with van der Waals surface area (Å²) in [6.07, 6.45) is 0. The van der Waals surface area contributed by atoms with Crippen LogP contribution in [0.3, 0.4) is 0 Å². The van der Waals surface area contributed by atoms with Crippen molar-refractivity contribution in [1.82, 2.24) is 0 Å². The number of rotatable bonds is 5. The number of anilines is 1. The lowest BCUT2D eigenvalue weighted by Gasteiger charge is -2.28. The zero-order valence-corrected chi connectivity index (χ0v) is 13.6. The van der Waals surface area contributed by atoms with Gasteiger partial charge in [0.25, 0.3) is 0 Å². The van der Waals surface area contributed by atoms with E-state index in [1.165, 1.54) is 27.9 Å². The van der Waals surface area contributed by atoms with Gasteiger partial charge < -0.3 is 10.6 Å². The molecular weight excluding hydrogens is 256 g/mol. The lowest BCUT2D eigenvalue weighted by Crippen LogP contribution is -2.32. The minimum Gasteiger partial charge on any atom is -0.370 e. The maximum absolute atomic E-state index is 6.44. The third-order valence-electron chi connectivity index (χ3n) is 4.21. The van der Waals surface area contributed by atoms with E-state index in [-0.39, 0.29) is 6.04 Å². The van der Waals surface area contributed by atoms with Crippen molar-refractivity contribution < 1.29 is 0 Å². The number of benzene rings is 2. The number of hydrogen-bond acceptors (Lipinski definition) is 2. The number of aryl methyl sites for hydroxylation is 3. The Balaban J connectivity index is 2.18. The van der Waals surface area contributed by atoms with Gasteiger partial charge >= 0.3 is 0 Å². The second-order valence-corrected chi connectivity index (χ2v) is 5.78. The molecule has 0 aliphatic rings. The topological polar surface area (TPSA) is 29.3 Å². The maximum atomic E-state index is 6.44. The third-order valence-corrected chi connectivity index (χ3v) is 4.21. The van der Waals surface area contributed by atoms with Gasteiger partial charge in [0.15, 0.2) is 0 Å². The van der Waals surface area contributed by atoms with Crippen LogP contribution in [0.25, 0.3) is 0 Å². The standard InChI is InChI=1S/C19H26N2/c1-5-21(19-9-7-6-8-15(19)3)13-18(20)17-11-10-14(2)16(4)12-17/h6-12,18H,5,13,20H2,1-4H3. The summed E-state index contributed by atoms with van der Waals surface area (Å²) in [6, 6.07) is 15.1. The number of likely N-dealkylation sites (N-methyl/N-ethyl adjacent to an activating group) is 1. The summed E-state index contributed by atoms with van der Waals surface area (Å²) in [5.74, 6) is 0. The predicted octanol–water partition coefficient (Wildman–Crippen LogP) is 4.14. The van der Waals surface area contributed by atoms with Crippen molar-refractivity contribution in [2.24, 2.45) is 5.73 Å². The van der Waals surface area contributed by atoms with E-state index in [9.17, 15) is 0 Å². The summed E-state index contributed by atoms with van der Waals surface area (Å²) in [5, 5.41) is 0. The minimum absolute atomic E-state index is 0.0313. The van der Waals surface area contributed by atoms with Crippen LogP contribution >= 0.6 is 0 Å². The highest BCUT2D eigenvalue weighted by Crippen LogP contribution is 2.23. The van der Waals surface area contributed by atoms with Crippen LogP contribution in [-0.2, 0) is 0 Å². The summed E-state index contributed by atoms with van der Waals surface area (Å²) < 4.78 is 0. The Labute approximate surface area is 128 Å². The number of para-hydroxylation sites is 1. The summed E-state index contributed by atoms with van der Waals surface area (Å²) >= 11 is 0. The van der Waals surface area contributed by atoms with Gasteiger partial charge in [-0.2, -0.15) is 0 Å². The normalized spacial score (nSPS) is 12.2. The molecule has 0 heterocycles. The van der Waals surface area contributed by atoms with Gasteiger partial charge in [-0.15, -0.1) is 0 Å². The highest BCUT2D eigenvalue weighted by Gasteiger charge is 2.13. The van der Waals surface area contributed by atoms with Crippen molar-refractivity contribution in [1.29, 1.82) is 0 Å². The Morgan fingerprint density at radius 2 is 1.67 bits per heavy atom. The summed E-state index contributed by atoms with van der Waals surface area (Å²) in [4.78, 5) is 2.36. The highest BCUT2D eigenvalue weighted by molar-refractivity contribution is 5.53. The molecule has 1 unspecified atom stereocenters. The van der Waals surface area contributed by atoms with Gasteiger partial charge in [0.2, 0.25) is 0 Å². The number of hydrogen-bond donors (Lipinski definition) is 1. The van der Waals surface area contributed by atoms with Crippen LogP contribution in [-0.4, -0.2) is 13.1 Å². The van der Waals surface area contributed by atoms with Crippen molar-refractivity contribution in [3.05, 3.63) is 64.7 Å². The molecule has 0 aliphatic heterocycles. The Hall–Kier alpha value is -1.80. The fraction of sp³-hybridized carbons (Fsp3) is 0.368. The summed E-state index contributed by atoms with van der Waals surface area (Å²) in [7, 11) is 0. The van der Waals surface area contributed by atoms with Crippen molar-refractivity contribution >= 4 is 5.69 Å². The first-order valence-electron chi connectivity index (χ1n) is 7.66. The predicted molar refractivity (Wildman–Crippen MR) is 91.9 cm³/mol. The monoisotopic (exact) mass is 282 g/mol. The Morgan fingerprint density at radius 1 is 0.952 bits per heavy atom. The molecule has 2 rings (SSSR count). The van der Waals surface area contributed by atoms with Crippen LogP contribution in [0, 0.1) is 20.8 Å². The smallest absolute Gasteiger partial charge is 0.0473 e. The van der Waals surface area contributed by atoms with Crippen LogP contribution in [0.2, 0.25) is 0 Å². The van der Waals surface area contributed by atoms with Crippen molar-refractivity contribution in [3.8, 4) is 0 Å². The maximum Gasteiger partial charge on any atom is 0.0473 e. The molecule has 0 spiro atoms. The molecule has 0 radical (unpaired) electrons. The molecule has 2 nitrogen and oxygen atoms in total. The first-order valence-corrected chi connectivity index (χ1v) is 7.66. The Kier molecular flexibility index (Phi) is 5.03. The molecule has 0 amide bonds. The van der Waals surface area contributed by atoms with Crippen LogP contribution < -0.4 is 10.6 Å². The van der Waals surface area contributed by atoms with E-state index < -0.39 is 0 Å². The third kappa shape index (κ3) is 3.64. The molecule has 0 saturated carbocycles. The summed E-state index contributed by atoms with van der Waals surface area (Å²) in [5.41, 5.74) is 12.8. The summed E-state index contributed by atoms with van der Waals surface area (Å²) in [6.45, 7) is 10.4. The van der Waals surface area contributed by atoms with Gasteiger partial charge in [0, 0.05) is 24.8 Å². The van der Waals surface area contributed by atoms with Gasteiger partial charge in [-0.05, 0) is 56.0 Å². The zero-order chi connectivity index (χ0) is 15.4. The van der Waals surface area contributed by atoms with E-state index in [1.54, 1.807) is 0 Å². The van der Waals surface area contributed by atoms with Gasteiger partial charge in [0.1, 0.15) is 0 Å². The second kappa shape index (κ2) is 6.77. The van der Waals surface area contributed by atoms with E-state index in [1.807, 2.05) is 0 Å². The van der Waals surface area contributed by atoms with E-state index in [0.717, 1.165) is 13.1 Å². The molecule has 0 bridgehead atoms. The number of nitrogens with zero attached hydrogens (tertiary/aromatic N) is 1. The molecule has 2 aromatic carbocycles. The number of nitrogens with two attached hydrogens (primary N) is 1. The van der Waals surface area contributed by atoms with E-state index in [4.69, 9.17) is 5.73 Å². The zero-order valence-electron chi connectivity index (χ0n) is 13.6. The van der Waals surface area contributed by atoms with Crippen molar-refractivity contribution in [3.63, 3.8) is 0 Å². The molecule has 0 fully saturated rings. The first-order chi connectivity index (χ1) is 10.0. The lowest BCUT2D eigenvalue weighted by atomic mass is 10.0. The molecule has 2 aromatic rings. The fourth-order valence-electron chi connectivity index (χ4n) is 2.65. The van der Waals surface area contributed by atoms with Crippen molar-refractivity contribution in [2.75, 3.05) is 18.0 Å². The Morgan fingerprint density at radius 3 is 2.29 bits per heavy atom. The van der Waals surface area contributed by atoms with E-state index >= 15 is 0 Å². The van der Waals surface area contributed by atoms with E-state index in [2.05, 4.69) is 75.1 Å². The lowest BCUT2D eigenvalue weighted by molar-refractivity contribution is 0.675. The van der Waals surface area contributed by atoms with Gasteiger partial charge in [-0.25, -0.2) is 0 Å². The average Bonchev–Trinajstić information content (AvgIpc) is 2.48. The molecule has 0 aliphatic carbocycles. The fourth-order valence-corrected chi connectivity index (χ4v) is 2.65. The van der Waals surface area contributed by atoms with Gasteiger partial charge in [-0.1, -0.05) is 36.4 Å². The Bertz CT molecular complexity index is 604.